The van der Waals surface area contributed by atoms with Crippen LogP contribution in [-0.2, 0) is 14.8 Å². The van der Waals surface area contributed by atoms with Gasteiger partial charge in [-0.15, -0.1) is 0 Å². The van der Waals surface area contributed by atoms with E-state index in [2.05, 4.69) is 4.90 Å². The molecule has 6 nitrogen and oxygen atoms in total. The number of hydrogen-bond donors (Lipinski definition) is 0. The van der Waals surface area contributed by atoms with Gasteiger partial charge in [0.05, 0.1) is 10.5 Å². The van der Waals surface area contributed by atoms with Crippen molar-refractivity contribution < 1.29 is 17.9 Å². The minimum absolute atomic E-state index is 0.247. The molecule has 144 valence electrons. The number of piperazine rings is 1. The van der Waals surface area contributed by atoms with Crippen LogP contribution in [0.4, 0.5) is 0 Å². The first kappa shape index (κ1) is 19.8. The minimum atomic E-state index is -3.51. The molecular weight excluding hydrogens is 388 g/mol. The Labute approximate surface area is 164 Å². The molecule has 1 heterocycles. The monoisotopic (exact) mass is 408 g/mol. The Hall–Kier alpha value is -1.93. The normalized spacial score (nSPS) is 16.2. The van der Waals surface area contributed by atoms with Crippen molar-refractivity contribution >= 4 is 27.6 Å². The van der Waals surface area contributed by atoms with Gasteiger partial charge < -0.3 is 4.74 Å². The molecule has 1 aliphatic rings. The SMILES string of the molecule is O=C(OCCN1CCN(S(=O)(=O)c2ccc(Cl)cc2)CC1)c1ccccc1. The van der Waals surface area contributed by atoms with Crippen LogP contribution in [0.3, 0.4) is 0 Å². The maximum absolute atomic E-state index is 12.7. The van der Waals surface area contributed by atoms with Crippen molar-refractivity contribution in [3.63, 3.8) is 0 Å². The highest BCUT2D eigenvalue weighted by molar-refractivity contribution is 7.89. The van der Waals surface area contributed by atoms with E-state index in [0.29, 0.717) is 43.3 Å². The van der Waals surface area contributed by atoms with E-state index in [1.165, 1.54) is 16.4 Å². The molecule has 2 aromatic carbocycles. The number of nitrogens with zero attached hydrogens (tertiary/aromatic N) is 2. The van der Waals surface area contributed by atoms with Crippen molar-refractivity contribution in [1.29, 1.82) is 0 Å². The Morgan fingerprint density at radius 2 is 1.59 bits per heavy atom. The van der Waals surface area contributed by atoms with Crippen molar-refractivity contribution in [1.82, 2.24) is 9.21 Å². The fraction of sp³-hybridized carbons (Fsp3) is 0.316. The largest absolute Gasteiger partial charge is 0.461 e. The maximum Gasteiger partial charge on any atom is 0.338 e. The molecule has 8 heteroatoms. The van der Waals surface area contributed by atoms with Crippen LogP contribution >= 0.6 is 11.6 Å². The Kier molecular flexibility index (Phi) is 6.49. The van der Waals surface area contributed by atoms with E-state index in [-0.39, 0.29) is 17.5 Å². The molecule has 0 bridgehead atoms. The van der Waals surface area contributed by atoms with Crippen LogP contribution in [0.2, 0.25) is 5.02 Å². The van der Waals surface area contributed by atoms with Crippen LogP contribution in [0, 0.1) is 0 Å². The first-order chi connectivity index (χ1) is 13.0. The van der Waals surface area contributed by atoms with Gasteiger partial charge in [0.25, 0.3) is 0 Å². The molecule has 3 rings (SSSR count). The number of benzene rings is 2. The Morgan fingerprint density at radius 1 is 0.963 bits per heavy atom. The molecular formula is C19H21ClN2O4S. The van der Waals surface area contributed by atoms with Crippen LogP contribution in [-0.4, -0.2) is 62.9 Å². The van der Waals surface area contributed by atoms with Gasteiger partial charge in [0.2, 0.25) is 10.0 Å². The van der Waals surface area contributed by atoms with Crippen molar-refractivity contribution in [2.75, 3.05) is 39.3 Å². The zero-order chi connectivity index (χ0) is 19.3. The lowest BCUT2D eigenvalue weighted by Gasteiger charge is -2.33. The molecule has 0 amide bonds. The minimum Gasteiger partial charge on any atom is -0.461 e. The predicted molar refractivity (Wildman–Crippen MR) is 103 cm³/mol. The zero-order valence-electron chi connectivity index (χ0n) is 14.8. The molecule has 1 saturated heterocycles. The molecule has 0 aliphatic carbocycles. The number of sulfonamides is 1. The summed E-state index contributed by atoms with van der Waals surface area (Å²) in [5.74, 6) is -0.348. The summed E-state index contributed by atoms with van der Waals surface area (Å²) in [6, 6.07) is 15.0. The van der Waals surface area contributed by atoms with Crippen LogP contribution < -0.4 is 0 Å². The average molecular weight is 409 g/mol. The standard InChI is InChI=1S/C19H21ClN2O4S/c20-17-6-8-18(9-7-17)27(24,25)22-12-10-21(11-13-22)14-15-26-19(23)16-4-2-1-3-5-16/h1-9H,10-15H2. The molecule has 27 heavy (non-hydrogen) atoms. The van der Waals surface area contributed by atoms with E-state index in [1.807, 2.05) is 6.07 Å². The lowest BCUT2D eigenvalue weighted by atomic mass is 10.2. The lowest BCUT2D eigenvalue weighted by molar-refractivity contribution is 0.0445. The summed E-state index contributed by atoms with van der Waals surface area (Å²) in [5.41, 5.74) is 0.524. The van der Waals surface area contributed by atoms with Gasteiger partial charge in [-0.25, -0.2) is 13.2 Å². The Balaban J connectivity index is 1.46. The molecule has 0 saturated carbocycles. The molecule has 1 aliphatic heterocycles. The first-order valence-corrected chi connectivity index (χ1v) is 10.5. The third kappa shape index (κ3) is 5.07. The van der Waals surface area contributed by atoms with Gasteiger partial charge in [-0.1, -0.05) is 29.8 Å². The van der Waals surface area contributed by atoms with Gasteiger partial charge >= 0.3 is 5.97 Å². The average Bonchev–Trinajstić information content (AvgIpc) is 2.69. The highest BCUT2D eigenvalue weighted by Gasteiger charge is 2.28. The van der Waals surface area contributed by atoms with Gasteiger partial charge in [0, 0.05) is 37.7 Å². The van der Waals surface area contributed by atoms with E-state index >= 15 is 0 Å². The number of ether oxygens (including phenoxy) is 1. The second-order valence-corrected chi connectivity index (χ2v) is 8.58. The third-order valence-corrected chi connectivity index (χ3v) is 6.60. The van der Waals surface area contributed by atoms with Crippen LogP contribution in [0.25, 0.3) is 0 Å². The Bertz CT molecular complexity index is 864. The smallest absolute Gasteiger partial charge is 0.338 e. The maximum atomic E-state index is 12.7. The number of halogens is 1. The van der Waals surface area contributed by atoms with Crippen molar-refractivity contribution in [3.05, 3.63) is 65.2 Å². The van der Waals surface area contributed by atoms with E-state index < -0.39 is 10.0 Å². The fourth-order valence-corrected chi connectivity index (χ4v) is 4.42. The highest BCUT2D eigenvalue weighted by Crippen LogP contribution is 2.19. The van der Waals surface area contributed by atoms with Crippen molar-refractivity contribution in [3.8, 4) is 0 Å². The van der Waals surface area contributed by atoms with E-state index in [1.54, 1.807) is 36.4 Å². The highest BCUT2D eigenvalue weighted by atomic mass is 35.5. The van der Waals surface area contributed by atoms with Crippen LogP contribution in [0.5, 0.6) is 0 Å². The molecule has 1 fully saturated rings. The molecule has 0 aromatic heterocycles. The zero-order valence-corrected chi connectivity index (χ0v) is 16.3. The van der Waals surface area contributed by atoms with Crippen molar-refractivity contribution in [2.45, 2.75) is 4.90 Å². The number of carbonyl (C=O) groups is 1. The number of esters is 1. The van der Waals surface area contributed by atoms with E-state index in [0.717, 1.165) is 0 Å². The summed E-state index contributed by atoms with van der Waals surface area (Å²) in [5, 5.41) is 0.504. The molecule has 0 unspecified atom stereocenters. The molecule has 0 N–H and O–H groups in total. The van der Waals surface area contributed by atoms with Crippen molar-refractivity contribution in [2.24, 2.45) is 0 Å². The molecule has 0 spiro atoms. The first-order valence-electron chi connectivity index (χ1n) is 8.67. The van der Waals surface area contributed by atoms with Gasteiger partial charge in [0.15, 0.2) is 0 Å². The molecule has 0 radical (unpaired) electrons. The summed E-state index contributed by atoms with van der Waals surface area (Å²) >= 11 is 5.83. The summed E-state index contributed by atoms with van der Waals surface area (Å²) < 4.78 is 32.1. The van der Waals surface area contributed by atoms with E-state index in [9.17, 15) is 13.2 Å². The summed E-state index contributed by atoms with van der Waals surface area (Å²) in [7, 11) is -3.51. The second kappa shape index (κ2) is 8.84. The van der Waals surface area contributed by atoms with Crippen LogP contribution in [0.15, 0.2) is 59.5 Å². The van der Waals surface area contributed by atoms with Gasteiger partial charge in [0.1, 0.15) is 6.61 Å². The summed E-state index contributed by atoms with van der Waals surface area (Å²) in [6.45, 7) is 2.84. The topological polar surface area (TPSA) is 66.9 Å². The fourth-order valence-electron chi connectivity index (χ4n) is 2.87. The molecule has 0 atom stereocenters. The quantitative estimate of drug-likeness (QED) is 0.687. The van der Waals surface area contributed by atoms with Gasteiger partial charge in [-0.05, 0) is 36.4 Å². The predicted octanol–water partition coefficient (Wildman–Crippen LogP) is 2.50. The second-order valence-electron chi connectivity index (χ2n) is 6.20. The van der Waals surface area contributed by atoms with Crippen LogP contribution in [0.1, 0.15) is 10.4 Å². The summed E-state index contributed by atoms with van der Waals surface area (Å²) in [6.07, 6.45) is 0. The summed E-state index contributed by atoms with van der Waals surface area (Å²) in [4.78, 5) is 14.2. The molecule has 2 aromatic rings. The number of hydrogen-bond acceptors (Lipinski definition) is 5. The van der Waals surface area contributed by atoms with Gasteiger partial charge in [-0.2, -0.15) is 4.31 Å². The van der Waals surface area contributed by atoms with E-state index in [4.69, 9.17) is 16.3 Å². The number of rotatable bonds is 6. The lowest BCUT2D eigenvalue weighted by Crippen LogP contribution is -2.49. The van der Waals surface area contributed by atoms with Gasteiger partial charge in [-0.3, -0.25) is 4.90 Å². The third-order valence-electron chi connectivity index (χ3n) is 4.43. The number of carbonyl (C=O) groups excluding carboxylic acids is 1. The Morgan fingerprint density at radius 3 is 2.22 bits per heavy atom.